The minimum absolute atomic E-state index is 0.0276. The predicted octanol–water partition coefficient (Wildman–Crippen LogP) is 2.00. The molecule has 0 amide bonds. The molecule has 2 aromatic carbocycles. The van der Waals surface area contributed by atoms with Gasteiger partial charge in [0.15, 0.2) is 12.4 Å². The fourth-order valence-corrected chi connectivity index (χ4v) is 5.25. The van der Waals surface area contributed by atoms with Gasteiger partial charge in [-0.3, -0.25) is 19.1 Å². The Balaban J connectivity index is 1.32. The predicted molar refractivity (Wildman–Crippen MR) is 120 cm³/mol. The number of sulfonamides is 1. The van der Waals surface area contributed by atoms with E-state index < -0.39 is 28.4 Å². The number of rotatable bonds is 8. The minimum atomic E-state index is -3.55. The molecule has 0 bridgehead atoms. The summed E-state index contributed by atoms with van der Waals surface area (Å²) in [5.41, 5.74) is 0.670. The van der Waals surface area contributed by atoms with E-state index >= 15 is 0 Å². The average molecular weight is 470 g/mol. The third-order valence-electron chi connectivity index (χ3n) is 5.53. The molecule has 0 aliphatic carbocycles. The molecule has 3 aromatic rings. The van der Waals surface area contributed by atoms with E-state index in [1.165, 1.54) is 34.8 Å². The van der Waals surface area contributed by atoms with Crippen LogP contribution in [0.3, 0.4) is 0 Å². The van der Waals surface area contributed by atoms with Gasteiger partial charge in [-0.15, -0.1) is 0 Å². The van der Waals surface area contributed by atoms with Crippen molar-refractivity contribution >= 4 is 32.7 Å². The van der Waals surface area contributed by atoms with E-state index in [9.17, 15) is 22.8 Å². The summed E-state index contributed by atoms with van der Waals surface area (Å²) in [5, 5.41) is 4.56. The summed E-state index contributed by atoms with van der Waals surface area (Å²) in [4.78, 5) is 36.5. The molecule has 172 valence electrons. The number of nitrogens with zero attached hydrogens (tertiary/aromatic N) is 3. The molecular formula is C23H23N3O6S. The largest absolute Gasteiger partial charge is 0.457 e. The molecule has 0 saturated carbocycles. The number of para-hydroxylation sites is 1. The average Bonchev–Trinajstić information content (AvgIpc) is 3.38. The number of fused-ring (bicyclic) bond motifs is 1. The van der Waals surface area contributed by atoms with Crippen LogP contribution in [-0.2, 0) is 26.1 Å². The van der Waals surface area contributed by atoms with Crippen LogP contribution in [0.5, 0.6) is 0 Å². The molecule has 4 rings (SSSR count). The summed E-state index contributed by atoms with van der Waals surface area (Å²) in [6.45, 7) is 0.749. The van der Waals surface area contributed by atoms with Crippen LogP contribution >= 0.6 is 0 Å². The van der Waals surface area contributed by atoms with Crippen LogP contribution in [-0.4, -0.2) is 54.0 Å². The Morgan fingerprint density at radius 3 is 2.42 bits per heavy atom. The van der Waals surface area contributed by atoms with Crippen LogP contribution in [0.15, 0.2) is 64.4 Å². The summed E-state index contributed by atoms with van der Waals surface area (Å²) in [6.07, 6.45) is 2.86. The number of aryl methyl sites for hydroxylation is 1. The molecule has 0 N–H and O–H groups in total. The van der Waals surface area contributed by atoms with Crippen molar-refractivity contribution < 1.29 is 22.7 Å². The van der Waals surface area contributed by atoms with Crippen LogP contribution in [0.1, 0.15) is 29.6 Å². The van der Waals surface area contributed by atoms with Gasteiger partial charge in [0.1, 0.15) is 0 Å². The van der Waals surface area contributed by atoms with Gasteiger partial charge in [-0.05, 0) is 49.2 Å². The second-order valence-electron chi connectivity index (χ2n) is 7.72. The molecule has 0 unspecified atom stereocenters. The van der Waals surface area contributed by atoms with Gasteiger partial charge in [-0.1, -0.05) is 12.1 Å². The molecule has 10 heteroatoms. The van der Waals surface area contributed by atoms with Gasteiger partial charge in [0.05, 0.1) is 29.6 Å². The molecule has 1 aliphatic rings. The lowest BCUT2D eigenvalue weighted by Gasteiger charge is -2.15. The number of ketones is 1. The second kappa shape index (κ2) is 9.63. The third-order valence-corrected chi connectivity index (χ3v) is 7.45. The van der Waals surface area contributed by atoms with Gasteiger partial charge in [-0.25, -0.2) is 8.42 Å². The number of hydrogen-bond acceptors (Lipinski definition) is 7. The minimum Gasteiger partial charge on any atom is -0.457 e. The Hall–Kier alpha value is -3.37. The fraction of sp³-hybridized carbons (Fsp3) is 0.304. The summed E-state index contributed by atoms with van der Waals surface area (Å²) in [5.74, 6) is -1.01. The number of esters is 1. The van der Waals surface area contributed by atoms with Crippen LogP contribution in [0.2, 0.25) is 0 Å². The number of hydrogen-bond donors (Lipinski definition) is 0. The summed E-state index contributed by atoms with van der Waals surface area (Å²) < 4.78 is 33.2. The van der Waals surface area contributed by atoms with Crippen molar-refractivity contribution in [2.45, 2.75) is 30.7 Å². The van der Waals surface area contributed by atoms with Gasteiger partial charge in [-0.2, -0.15) is 9.40 Å². The highest BCUT2D eigenvalue weighted by molar-refractivity contribution is 7.89. The molecule has 0 radical (unpaired) electrons. The van der Waals surface area contributed by atoms with E-state index in [0.717, 1.165) is 12.8 Å². The standard InChI is InChI=1S/C23H23N3O6S/c27-21-15-24-26(20-6-2-1-5-19(20)21)14-11-23(29)32-16-22(28)17-7-9-18(10-8-17)33(30,31)25-12-3-4-13-25/h1-2,5-10,15H,3-4,11-14,16H2. The Morgan fingerprint density at radius 2 is 1.70 bits per heavy atom. The molecule has 9 nitrogen and oxygen atoms in total. The van der Waals surface area contributed by atoms with Gasteiger partial charge in [0.2, 0.25) is 15.5 Å². The topological polar surface area (TPSA) is 116 Å². The highest BCUT2D eigenvalue weighted by Gasteiger charge is 2.27. The highest BCUT2D eigenvalue weighted by atomic mass is 32.2. The molecule has 33 heavy (non-hydrogen) atoms. The molecule has 2 heterocycles. The number of Topliss-reactive ketones (excluding diaryl/α,β-unsaturated/α-hetero) is 1. The molecule has 1 fully saturated rings. The fourth-order valence-electron chi connectivity index (χ4n) is 3.73. The van der Waals surface area contributed by atoms with Crippen LogP contribution in [0.4, 0.5) is 0 Å². The number of carbonyl (C=O) groups is 2. The zero-order chi connectivity index (χ0) is 23.4. The lowest BCUT2D eigenvalue weighted by atomic mass is 10.1. The summed E-state index contributed by atoms with van der Waals surface area (Å²) in [6, 6.07) is 12.6. The van der Waals surface area contributed by atoms with E-state index in [1.54, 1.807) is 28.9 Å². The Kier molecular flexibility index (Phi) is 6.66. The van der Waals surface area contributed by atoms with Gasteiger partial charge >= 0.3 is 5.97 Å². The SMILES string of the molecule is O=C(CCn1ncc(=O)c2ccccc21)OCC(=O)c1ccc(S(=O)(=O)N2CCCC2)cc1. The van der Waals surface area contributed by atoms with Crippen molar-refractivity contribution in [1.82, 2.24) is 14.1 Å². The normalized spacial score (nSPS) is 14.4. The van der Waals surface area contributed by atoms with Gasteiger partial charge in [0, 0.05) is 24.0 Å². The third kappa shape index (κ3) is 5.01. The maximum Gasteiger partial charge on any atom is 0.308 e. The van der Waals surface area contributed by atoms with E-state index in [-0.39, 0.29) is 28.9 Å². The van der Waals surface area contributed by atoms with Crippen LogP contribution < -0.4 is 5.43 Å². The van der Waals surface area contributed by atoms with E-state index in [4.69, 9.17) is 4.74 Å². The molecule has 0 atom stereocenters. The molecule has 1 aromatic heterocycles. The van der Waals surface area contributed by atoms with Crippen molar-refractivity contribution in [2.24, 2.45) is 0 Å². The molecule has 1 saturated heterocycles. The van der Waals surface area contributed by atoms with Gasteiger partial charge in [0.25, 0.3) is 0 Å². The molecule has 0 spiro atoms. The highest BCUT2D eigenvalue weighted by Crippen LogP contribution is 2.21. The summed E-state index contributed by atoms with van der Waals surface area (Å²) >= 11 is 0. The maximum atomic E-state index is 12.6. The molecular weight excluding hydrogens is 446 g/mol. The van der Waals surface area contributed by atoms with Gasteiger partial charge < -0.3 is 4.74 Å². The van der Waals surface area contributed by atoms with Crippen molar-refractivity contribution in [1.29, 1.82) is 0 Å². The van der Waals surface area contributed by atoms with Crippen molar-refractivity contribution in [3.05, 3.63) is 70.5 Å². The zero-order valence-electron chi connectivity index (χ0n) is 17.8. The van der Waals surface area contributed by atoms with Crippen molar-refractivity contribution in [3.8, 4) is 0 Å². The monoisotopic (exact) mass is 469 g/mol. The lowest BCUT2D eigenvalue weighted by molar-refractivity contribution is -0.142. The summed E-state index contributed by atoms with van der Waals surface area (Å²) in [7, 11) is -3.55. The number of aromatic nitrogens is 2. The second-order valence-corrected chi connectivity index (χ2v) is 9.66. The van der Waals surface area contributed by atoms with E-state index in [2.05, 4.69) is 5.10 Å². The molecule has 1 aliphatic heterocycles. The quantitative estimate of drug-likeness (QED) is 0.366. The first-order valence-electron chi connectivity index (χ1n) is 10.6. The van der Waals surface area contributed by atoms with E-state index in [0.29, 0.717) is 24.0 Å². The Labute approximate surface area is 190 Å². The maximum absolute atomic E-state index is 12.6. The smallest absolute Gasteiger partial charge is 0.308 e. The first-order valence-corrected chi connectivity index (χ1v) is 12.0. The first kappa shape index (κ1) is 22.8. The van der Waals surface area contributed by atoms with E-state index in [1.807, 2.05) is 0 Å². The number of ether oxygens (including phenoxy) is 1. The van der Waals surface area contributed by atoms with Crippen molar-refractivity contribution in [2.75, 3.05) is 19.7 Å². The number of benzene rings is 2. The lowest BCUT2D eigenvalue weighted by Crippen LogP contribution is -2.27. The van der Waals surface area contributed by atoms with Crippen LogP contribution in [0.25, 0.3) is 10.9 Å². The number of carbonyl (C=O) groups excluding carboxylic acids is 2. The first-order chi connectivity index (χ1) is 15.9. The Morgan fingerprint density at radius 1 is 1.00 bits per heavy atom. The zero-order valence-corrected chi connectivity index (χ0v) is 18.7. The van der Waals surface area contributed by atoms with Crippen molar-refractivity contribution in [3.63, 3.8) is 0 Å². The Bertz CT molecular complexity index is 1340. The van der Waals surface area contributed by atoms with Crippen LogP contribution in [0, 0.1) is 0 Å².